The number of aliphatic hydroxyl groups is 4. The number of hydroxylamine groups is 2. The first kappa shape index (κ1) is 18.2. The van der Waals surface area contributed by atoms with Crippen LogP contribution in [-0.4, -0.2) is 71.6 Å². The molecule has 1 aliphatic heterocycles. The van der Waals surface area contributed by atoms with Crippen molar-refractivity contribution in [1.29, 1.82) is 0 Å². The van der Waals surface area contributed by atoms with Crippen molar-refractivity contribution in [2.45, 2.75) is 23.8 Å². The predicted molar refractivity (Wildman–Crippen MR) is 71.7 cm³/mol. The van der Waals surface area contributed by atoms with E-state index in [1.807, 2.05) is 0 Å². The summed E-state index contributed by atoms with van der Waals surface area (Å²) in [5.74, 6) is -3.23. The molecule has 0 saturated carbocycles. The summed E-state index contributed by atoms with van der Waals surface area (Å²) in [7, 11) is 0. The molecule has 1 aliphatic rings. The average molecular weight is 402 g/mol. The van der Waals surface area contributed by atoms with Gasteiger partial charge < -0.3 is 30.4 Å². The quantitative estimate of drug-likeness (QED) is 0.174. The van der Waals surface area contributed by atoms with E-state index in [0.29, 0.717) is 6.20 Å². The van der Waals surface area contributed by atoms with Crippen LogP contribution in [-0.2, 0) is 10.6 Å². The molecule has 0 radical (unpaired) electrons. The number of ether oxygens (including phenoxy) is 1. The molecule has 6 N–H and O–H groups in total. The summed E-state index contributed by atoms with van der Waals surface area (Å²) in [6, 6.07) is 0. The van der Waals surface area contributed by atoms with Crippen molar-refractivity contribution in [3.8, 4) is 0 Å². The van der Waals surface area contributed by atoms with Gasteiger partial charge in [0.1, 0.15) is 12.2 Å². The molecule has 1 aromatic rings. The number of aliphatic hydroxyl groups excluding tert-OH is 2. The fraction of sp³-hybridized carbons (Fsp3) is 0.600. The van der Waals surface area contributed by atoms with E-state index in [9.17, 15) is 34.5 Å². The van der Waals surface area contributed by atoms with Gasteiger partial charge in [-0.3, -0.25) is 9.78 Å². The maximum absolute atomic E-state index is 12.8. The lowest BCUT2D eigenvalue weighted by Crippen LogP contribution is -2.68. The van der Waals surface area contributed by atoms with Gasteiger partial charge in [-0.05, 0) is 15.9 Å². The fourth-order valence-corrected chi connectivity index (χ4v) is 2.57. The lowest BCUT2D eigenvalue weighted by atomic mass is 10.0. The standard InChI is InChI=1S/C10H13BrFN3O8/c11-4-1-14(8(19)13-7(4)18)10(21)9(20,15(22)3-12)6(17)5(2-16)23-10/h1,5-6,16-17,20-22H,2-3H2,(H,13,18,19)/t5-,6-,9-,10-/m1/s1. The SMILES string of the molecule is O=c1[nH]c(=O)n([C@]2(O)O[C@H](CO)[C@@H](O)[C@]2(O)N(O)CF)cc1Br. The van der Waals surface area contributed by atoms with Crippen LogP contribution in [0.4, 0.5) is 4.39 Å². The van der Waals surface area contributed by atoms with Crippen molar-refractivity contribution in [2.24, 2.45) is 0 Å². The Bertz CT molecular complexity index is 712. The molecule has 0 aliphatic carbocycles. The topological polar surface area (TPSA) is 168 Å². The Labute approximate surface area is 134 Å². The highest BCUT2D eigenvalue weighted by molar-refractivity contribution is 9.10. The summed E-state index contributed by atoms with van der Waals surface area (Å²) >= 11 is 2.78. The van der Waals surface area contributed by atoms with E-state index < -0.39 is 53.6 Å². The molecule has 2 heterocycles. The summed E-state index contributed by atoms with van der Waals surface area (Å²) in [6.07, 6.45) is -3.19. The molecule has 1 saturated heterocycles. The summed E-state index contributed by atoms with van der Waals surface area (Å²) in [5, 5.41) is 49.1. The first-order valence-electron chi connectivity index (χ1n) is 6.09. The van der Waals surface area contributed by atoms with Gasteiger partial charge in [-0.1, -0.05) is 0 Å². The number of hydrogen-bond donors (Lipinski definition) is 6. The number of halogens is 2. The minimum absolute atomic E-state index is 0.218. The molecule has 2 rings (SSSR count). The van der Waals surface area contributed by atoms with Crippen molar-refractivity contribution in [3.63, 3.8) is 0 Å². The van der Waals surface area contributed by atoms with E-state index in [4.69, 9.17) is 9.84 Å². The van der Waals surface area contributed by atoms with Crippen molar-refractivity contribution in [3.05, 3.63) is 31.5 Å². The highest BCUT2D eigenvalue weighted by Crippen LogP contribution is 2.42. The predicted octanol–water partition coefficient (Wildman–Crippen LogP) is -3.04. The number of aromatic amines is 1. The summed E-state index contributed by atoms with van der Waals surface area (Å²) in [5.41, 5.74) is -5.43. The zero-order valence-electron chi connectivity index (χ0n) is 11.3. The van der Waals surface area contributed by atoms with Crippen molar-refractivity contribution in [1.82, 2.24) is 14.6 Å². The summed E-state index contributed by atoms with van der Waals surface area (Å²) < 4.78 is 17.6. The van der Waals surface area contributed by atoms with Crippen LogP contribution < -0.4 is 11.2 Å². The first-order valence-corrected chi connectivity index (χ1v) is 6.88. The van der Waals surface area contributed by atoms with Crippen LogP contribution in [0.2, 0.25) is 0 Å². The van der Waals surface area contributed by atoms with E-state index >= 15 is 0 Å². The maximum atomic E-state index is 12.8. The van der Waals surface area contributed by atoms with Gasteiger partial charge in [0.2, 0.25) is 5.72 Å². The van der Waals surface area contributed by atoms with Crippen LogP contribution in [0.3, 0.4) is 0 Å². The Hall–Kier alpha value is -1.19. The number of nitrogens with one attached hydrogen (secondary N) is 1. The lowest BCUT2D eigenvalue weighted by Gasteiger charge is -2.40. The van der Waals surface area contributed by atoms with Crippen LogP contribution in [0, 0.1) is 0 Å². The van der Waals surface area contributed by atoms with Crippen LogP contribution >= 0.6 is 15.9 Å². The van der Waals surface area contributed by atoms with E-state index in [2.05, 4.69) is 15.9 Å². The molecular formula is C10H13BrFN3O8. The molecule has 0 amide bonds. The number of rotatable bonds is 4. The molecular weight excluding hydrogens is 389 g/mol. The van der Waals surface area contributed by atoms with Crippen LogP contribution in [0.15, 0.2) is 20.3 Å². The molecule has 0 bridgehead atoms. The number of alkyl halides is 1. The van der Waals surface area contributed by atoms with Gasteiger partial charge in [-0.25, -0.2) is 13.8 Å². The third-order valence-corrected chi connectivity index (χ3v) is 4.04. The molecule has 0 unspecified atom stereocenters. The minimum Gasteiger partial charge on any atom is -0.394 e. The van der Waals surface area contributed by atoms with Gasteiger partial charge >= 0.3 is 11.6 Å². The third kappa shape index (κ3) is 2.45. The lowest BCUT2D eigenvalue weighted by molar-refractivity contribution is -0.416. The molecule has 1 fully saturated rings. The first-order chi connectivity index (χ1) is 10.6. The normalized spacial score (nSPS) is 34.3. The van der Waals surface area contributed by atoms with Crippen LogP contribution in [0.1, 0.15) is 0 Å². The van der Waals surface area contributed by atoms with Gasteiger partial charge in [0.15, 0.2) is 6.80 Å². The smallest absolute Gasteiger partial charge is 0.332 e. The van der Waals surface area contributed by atoms with Gasteiger partial charge in [-0.15, -0.1) is 5.06 Å². The second-order valence-corrected chi connectivity index (χ2v) is 5.60. The molecule has 23 heavy (non-hydrogen) atoms. The van der Waals surface area contributed by atoms with Crippen LogP contribution in [0.25, 0.3) is 0 Å². The number of nitrogens with zero attached hydrogens (tertiary/aromatic N) is 2. The van der Waals surface area contributed by atoms with Gasteiger partial charge in [0.05, 0.1) is 11.1 Å². The highest BCUT2D eigenvalue weighted by atomic mass is 79.9. The molecule has 1 aromatic heterocycles. The third-order valence-electron chi connectivity index (χ3n) is 3.47. The Morgan fingerprint density at radius 2 is 2.09 bits per heavy atom. The monoisotopic (exact) mass is 401 g/mol. The minimum atomic E-state index is -3.27. The van der Waals surface area contributed by atoms with Crippen LogP contribution in [0.5, 0.6) is 0 Å². The van der Waals surface area contributed by atoms with Gasteiger partial charge in [-0.2, -0.15) is 0 Å². The largest absolute Gasteiger partial charge is 0.394 e. The van der Waals surface area contributed by atoms with E-state index in [-0.39, 0.29) is 9.04 Å². The van der Waals surface area contributed by atoms with Gasteiger partial charge in [0.25, 0.3) is 5.56 Å². The van der Waals surface area contributed by atoms with Crippen molar-refractivity contribution in [2.75, 3.05) is 13.4 Å². The fourth-order valence-electron chi connectivity index (χ4n) is 2.27. The van der Waals surface area contributed by atoms with E-state index in [1.165, 1.54) is 0 Å². The second kappa shape index (κ2) is 6.03. The Balaban J connectivity index is 2.73. The highest BCUT2D eigenvalue weighted by Gasteiger charge is 2.70. The summed E-state index contributed by atoms with van der Waals surface area (Å²) in [6.45, 7) is -2.71. The zero-order chi connectivity index (χ0) is 17.6. The maximum Gasteiger partial charge on any atom is 0.332 e. The Morgan fingerprint density at radius 1 is 1.48 bits per heavy atom. The average Bonchev–Trinajstić information content (AvgIpc) is 2.72. The summed E-state index contributed by atoms with van der Waals surface area (Å²) in [4.78, 5) is 25.0. The second-order valence-electron chi connectivity index (χ2n) is 4.74. The molecule has 11 nitrogen and oxygen atoms in total. The van der Waals surface area contributed by atoms with Gasteiger partial charge in [0, 0.05) is 6.20 Å². The van der Waals surface area contributed by atoms with Crippen molar-refractivity contribution >= 4 is 15.9 Å². The molecule has 0 spiro atoms. The Morgan fingerprint density at radius 3 is 2.61 bits per heavy atom. The molecule has 0 aromatic carbocycles. The molecule has 4 atom stereocenters. The van der Waals surface area contributed by atoms with E-state index in [1.54, 1.807) is 4.98 Å². The number of aromatic nitrogens is 2. The van der Waals surface area contributed by atoms with E-state index in [0.717, 1.165) is 0 Å². The number of hydrogen-bond acceptors (Lipinski definition) is 9. The van der Waals surface area contributed by atoms with Crippen molar-refractivity contribution < 1.29 is 34.8 Å². The molecule has 13 heteroatoms. The zero-order valence-corrected chi connectivity index (χ0v) is 12.8. The number of H-pyrrole nitrogens is 1. The molecule has 130 valence electrons. The Kier molecular flexibility index (Phi) is 4.76.